The zero-order valence-corrected chi connectivity index (χ0v) is 19.9. The van der Waals surface area contributed by atoms with Crippen molar-refractivity contribution in [1.29, 1.82) is 5.26 Å². The van der Waals surface area contributed by atoms with Gasteiger partial charge < -0.3 is 14.5 Å². The maximum Gasteiger partial charge on any atom is 0.262 e. The fourth-order valence-electron chi connectivity index (χ4n) is 2.93. The highest BCUT2D eigenvalue weighted by atomic mass is 79.9. The Kier molecular flexibility index (Phi) is 6.99. The summed E-state index contributed by atoms with van der Waals surface area (Å²) in [4.78, 5) is 16.5. The number of anilines is 1. The predicted octanol–water partition coefficient (Wildman–Crippen LogP) is 6.98. The Morgan fingerprint density at radius 2 is 1.97 bits per heavy atom. The van der Waals surface area contributed by atoms with Gasteiger partial charge >= 0.3 is 0 Å². The molecule has 0 aliphatic heterocycles. The van der Waals surface area contributed by atoms with Crippen molar-refractivity contribution in [2.45, 2.75) is 0 Å². The van der Waals surface area contributed by atoms with E-state index in [0.29, 0.717) is 37.1 Å². The zero-order valence-electron chi connectivity index (χ0n) is 16.8. The van der Waals surface area contributed by atoms with Crippen LogP contribution in [0.25, 0.3) is 22.7 Å². The highest BCUT2D eigenvalue weighted by molar-refractivity contribution is 9.10. The first-order chi connectivity index (χ1) is 15.9. The number of aromatic nitrogens is 1. The van der Waals surface area contributed by atoms with Crippen molar-refractivity contribution >= 4 is 73.5 Å². The lowest BCUT2D eigenvalue weighted by Crippen LogP contribution is -2.20. The van der Waals surface area contributed by atoms with Gasteiger partial charge in [0.2, 0.25) is 5.89 Å². The molecule has 0 aliphatic carbocycles. The van der Waals surface area contributed by atoms with E-state index in [1.54, 1.807) is 48.5 Å². The Labute approximate surface area is 207 Å². The van der Waals surface area contributed by atoms with Crippen LogP contribution in [-0.4, -0.2) is 17.5 Å². The molecule has 1 heterocycles. The molecule has 1 aromatic heterocycles. The Morgan fingerprint density at radius 1 is 1.15 bits per heavy atom. The molecule has 3 aromatic carbocycles. The van der Waals surface area contributed by atoms with Gasteiger partial charge in [0.25, 0.3) is 5.91 Å². The van der Waals surface area contributed by atoms with Gasteiger partial charge in [0.15, 0.2) is 12.2 Å². The van der Waals surface area contributed by atoms with Crippen LogP contribution in [0.15, 0.2) is 69.6 Å². The molecule has 1 amide bonds. The fourth-order valence-corrected chi connectivity index (χ4v) is 3.74. The first kappa shape index (κ1) is 22.9. The van der Waals surface area contributed by atoms with Crippen LogP contribution in [0.3, 0.4) is 0 Å². The number of halogens is 3. The van der Waals surface area contributed by atoms with E-state index < -0.39 is 0 Å². The largest absolute Gasteiger partial charge is 0.483 e. The molecule has 4 rings (SSSR count). The summed E-state index contributed by atoms with van der Waals surface area (Å²) in [5.41, 5.74) is 2.82. The molecule has 0 fully saturated rings. The lowest BCUT2D eigenvalue weighted by atomic mass is 10.1. The smallest absolute Gasteiger partial charge is 0.262 e. The number of hydrogen-bond donors (Lipinski definition) is 1. The molecule has 4 aromatic rings. The molecule has 0 radical (unpaired) electrons. The van der Waals surface area contributed by atoms with Gasteiger partial charge in [-0.1, -0.05) is 41.4 Å². The van der Waals surface area contributed by atoms with Crippen LogP contribution in [-0.2, 0) is 4.79 Å². The Bertz CT molecular complexity index is 1390. The number of carbonyl (C=O) groups is 1. The van der Waals surface area contributed by atoms with Crippen LogP contribution >= 0.6 is 39.1 Å². The third-order valence-electron chi connectivity index (χ3n) is 4.47. The van der Waals surface area contributed by atoms with Crippen LogP contribution in [0.4, 0.5) is 5.69 Å². The molecule has 0 aliphatic rings. The number of amides is 1. The third kappa shape index (κ3) is 5.55. The van der Waals surface area contributed by atoms with E-state index in [9.17, 15) is 10.1 Å². The van der Waals surface area contributed by atoms with Crippen molar-refractivity contribution in [2.75, 3.05) is 11.9 Å². The van der Waals surface area contributed by atoms with Gasteiger partial charge in [-0.2, -0.15) is 5.26 Å². The van der Waals surface area contributed by atoms with Gasteiger partial charge in [-0.3, -0.25) is 4.79 Å². The van der Waals surface area contributed by atoms with E-state index in [1.165, 1.54) is 0 Å². The van der Waals surface area contributed by atoms with E-state index in [-0.39, 0.29) is 24.0 Å². The molecule has 164 valence electrons. The number of allylic oxidation sites excluding steroid dienone is 1. The first-order valence-electron chi connectivity index (χ1n) is 9.58. The third-order valence-corrected chi connectivity index (χ3v) is 5.83. The summed E-state index contributed by atoms with van der Waals surface area (Å²) in [5, 5.41) is 13.0. The highest BCUT2D eigenvalue weighted by Gasteiger charge is 2.12. The minimum Gasteiger partial charge on any atom is -0.483 e. The van der Waals surface area contributed by atoms with Crippen molar-refractivity contribution in [3.8, 4) is 11.8 Å². The van der Waals surface area contributed by atoms with Gasteiger partial charge in [0.05, 0.1) is 14.5 Å². The summed E-state index contributed by atoms with van der Waals surface area (Å²) in [6.07, 6.45) is 1.66. The summed E-state index contributed by atoms with van der Waals surface area (Å²) in [6.45, 7) is -0.208. The Balaban J connectivity index is 1.44. The molecule has 1 N–H and O–H groups in total. The second-order valence-corrected chi connectivity index (χ2v) is 8.48. The molecular weight excluding hydrogens is 529 g/mol. The van der Waals surface area contributed by atoms with E-state index in [2.05, 4.69) is 32.3 Å². The van der Waals surface area contributed by atoms with Crippen LogP contribution in [0.2, 0.25) is 10.0 Å². The molecule has 0 atom stereocenters. The number of hydrogen-bond acceptors (Lipinski definition) is 5. The van der Waals surface area contributed by atoms with Crippen LogP contribution in [0.5, 0.6) is 5.75 Å². The number of para-hydroxylation sites is 2. The molecule has 0 saturated carbocycles. The van der Waals surface area contributed by atoms with Gasteiger partial charge in [0, 0.05) is 5.69 Å². The van der Waals surface area contributed by atoms with E-state index in [0.717, 1.165) is 5.56 Å². The number of nitrogens with one attached hydrogen (secondary N) is 1. The van der Waals surface area contributed by atoms with Gasteiger partial charge in [-0.05, 0) is 70.0 Å². The summed E-state index contributed by atoms with van der Waals surface area (Å²) in [7, 11) is 0. The van der Waals surface area contributed by atoms with Crippen molar-refractivity contribution < 1.29 is 13.9 Å². The molecule has 33 heavy (non-hydrogen) atoms. The Morgan fingerprint density at radius 3 is 2.70 bits per heavy atom. The number of fused-ring (bicyclic) bond motifs is 1. The number of oxazole rings is 1. The van der Waals surface area contributed by atoms with Crippen LogP contribution in [0.1, 0.15) is 11.5 Å². The summed E-state index contributed by atoms with van der Waals surface area (Å²) >= 11 is 15.3. The van der Waals surface area contributed by atoms with Crippen LogP contribution in [0, 0.1) is 11.3 Å². The lowest BCUT2D eigenvalue weighted by molar-refractivity contribution is -0.118. The second kappa shape index (κ2) is 10.1. The van der Waals surface area contributed by atoms with E-state index >= 15 is 0 Å². The second-order valence-electron chi connectivity index (χ2n) is 6.81. The van der Waals surface area contributed by atoms with Crippen molar-refractivity contribution in [1.82, 2.24) is 4.98 Å². The first-order valence-corrected chi connectivity index (χ1v) is 11.1. The Hall–Kier alpha value is -3.31. The maximum absolute atomic E-state index is 12.2. The highest BCUT2D eigenvalue weighted by Crippen LogP contribution is 2.29. The van der Waals surface area contributed by atoms with Crippen LogP contribution < -0.4 is 10.1 Å². The number of nitriles is 1. The summed E-state index contributed by atoms with van der Waals surface area (Å²) in [5.74, 6) is 0.359. The van der Waals surface area contributed by atoms with Gasteiger partial charge in [-0.15, -0.1) is 0 Å². The topological polar surface area (TPSA) is 88.1 Å². The average Bonchev–Trinajstić information content (AvgIpc) is 3.23. The fraction of sp³-hybridized carbons (Fsp3) is 0.0417. The molecule has 0 saturated heterocycles. The maximum atomic E-state index is 12.2. The van der Waals surface area contributed by atoms with Gasteiger partial charge in [0.1, 0.15) is 22.9 Å². The number of nitrogens with zero attached hydrogens (tertiary/aromatic N) is 2. The average molecular weight is 543 g/mol. The molecule has 0 unspecified atom stereocenters. The zero-order chi connectivity index (χ0) is 23.4. The normalized spacial score (nSPS) is 11.3. The lowest BCUT2D eigenvalue weighted by Gasteiger charge is -2.10. The summed E-state index contributed by atoms with van der Waals surface area (Å²) < 4.78 is 11.9. The quantitative estimate of drug-likeness (QED) is 0.265. The summed E-state index contributed by atoms with van der Waals surface area (Å²) in [6, 6.07) is 19.5. The standard InChI is InChI=1S/C24H14BrCl2N3O3/c25-17-10-14(9-15(12-28)24-30-20-3-1-2-4-22(20)33-24)5-8-21(17)32-13-23(31)29-16-6-7-18(26)19(27)11-16/h1-11H,13H2,(H,29,31)/b15-9+. The van der Waals surface area contributed by atoms with Crippen molar-refractivity contribution in [3.63, 3.8) is 0 Å². The number of carbonyl (C=O) groups excluding carboxylic acids is 1. The van der Waals surface area contributed by atoms with E-state index in [1.807, 2.05) is 18.2 Å². The van der Waals surface area contributed by atoms with Crippen molar-refractivity contribution in [3.05, 3.63) is 86.6 Å². The monoisotopic (exact) mass is 541 g/mol. The SMILES string of the molecule is N#C/C(=C\c1ccc(OCC(=O)Nc2ccc(Cl)c(Cl)c2)c(Br)c1)c1nc2ccccc2o1. The van der Waals surface area contributed by atoms with Gasteiger partial charge in [-0.25, -0.2) is 4.98 Å². The number of rotatable bonds is 6. The minimum absolute atomic E-state index is 0.208. The van der Waals surface area contributed by atoms with E-state index in [4.69, 9.17) is 32.4 Å². The molecule has 6 nitrogen and oxygen atoms in total. The minimum atomic E-state index is -0.355. The molecule has 0 bridgehead atoms. The number of benzene rings is 3. The molecule has 9 heteroatoms. The van der Waals surface area contributed by atoms with Crippen molar-refractivity contribution in [2.24, 2.45) is 0 Å². The molecule has 0 spiro atoms. The molecular formula is C24H14BrCl2N3O3. The number of ether oxygens (including phenoxy) is 1. The predicted molar refractivity (Wildman–Crippen MR) is 132 cm³/mol.